The van der Waals surface area contributed by atoms with Gasteiger partial charge in [-0.2, -0.15) is 0 Å². The molecule has 1 aromatic rings. The third kappa shape index (κ3) is 4.84. The van der Waals surface area contributed by atoms with Crippen LogP contribution in [0.2, 0.25) is 0 Å². The van der Waals surface area contributed by atoms with Crippen molar-refractivity contribution < 1.29 is 9.90 Å². The van der Waals surface area contributed by atoms with Crippen LogP contribution in [-0.4, -0.2) is 49.7 Å². The van der Waals surface area contributed by atoms with Gasteiger partial charge in [-0.3, -0.25) is 0 Å². The molecule has 19 heavy (non-hydrogen) atoms. The highest BCUT2D eigenvalue weighted by atomic mass is 79.9. The highest BCUT2D eigenvalue weighted by molar-refractivity contribution is 9.10. The predicted molar refractivity (Wildman–Crippen MR) is 82.2 cm³/mol. The Hall–Kier alpha value is -1.07. The Morgan fingerprint density at radius 3 is 2.47 bits per heavy atom. The van der Waals surface area contributed by atoms with E-state index in [1.807, 2.05) is 12.1 Å². The van der Waals surface area contributed by atoms with E-state index in [1.54, 1.807) is 6.07 Å². The molecule has 1 aromatic carbocycles. The number of carbonyl (C=O) groups is 1. The van der Waals surface area contributed by atoms with Crippen molar-refractivity contribution in [3.05, 3.63) is 28.2 Å². The zero-order valence-electron chi connectivity index (χ0n) is 11.7. The number of aromatic carboxylic acids is 1. The first-order valence-electron chi connectivity index (χ1n) is 6.38. The number of rotatable bonds is 7. The summed E-state index contributed by atoms with van der Waals surface area (Å²) in [4.78, 5) is 15.4. The number of anilines is 1. The summed E-state index contributed by atoms with van der Waals surface area (Å²) in [5, 5.41) is 9.01. The van der Waals surface area contributed by atoms with E-state index in [-0.39, 0.29) is 0 Å². The van der Waals surface area contributed by atoms with Crippen LogP contribution >= 0.6 is 15.9 Å². The zero-order valence-corrected chi connectivity index (χ0v) is 13.3. The molecule has 1 N–H and O–H groups in total. The van der Waals surface area contributed by atoms with Gasteiger partial charge >= 0.3 is 5.97 Å². The Labute approximate surface area is 123 Å². The molecule has 0 unspecified atom stereocenters. The summed E-state index contributed by atoms with van der Waals surface area (Å²) < 4.78 is 0.628. The number of nitrogens with zero attached hydrogens (tertiary/aromatic N) is 2. The number of carboxylic acids is 1. The summed E-state index contributed by atoms with van der Waals surface area (Å²) in [6.45, 7) is 5.03. The van der Waals surface area contributed by atoms with Crippen LogP contribution in [0, 0.1) is 0 Å². The fourth-order valence-electron chi connectivity index (χ4n) is 1.92. The lowest BCUT2D eigenvalue weighted by Gasteiger charge is -2.24. The maximum atomic E-state index is 11.0. The minimum absolute atomic E-state index is 0.299. The molecule has 4 nitrogen and oxygen atoms in total. The average Bonchev–Trinajstić information content (AvgIpc) is 2.33. The van der Waals surface area contributed by atoms with Crippen LogP contribution < -0.4 is 4.90 Å². The molecule has 0 bridgehead atoms. The lowest BCUT2D eigenvalue weighted by molar-refractivity contribution is 0.0696. The van der Waals surface area contributed by atoms with Crippen molar-refractivity contribution in [2.24, 2.45) is 0 Å². The first-order chi connectivity index (χ1) is 8.95. The summed E-state index contributed by atoms with van der Waals surface area (Å²) in [5.74, 6) is -0.908. The molecule has 0 aromatic heterocycles. The van der Waals surface area contributed by atoms with Crippen LogP contribution in [0.15, 0.2) is 22.7 Å². The van der Waals surface area contributed by atoms with Gasteiger partial charge in [-0.25, -0.2) is 4.79 Å². The highest BCUT2D eigenvalue weighted by Gasteiger charge is 2.11. The van der Waals surface area contributed by atoms with Gasteiger partial charge in [-0.15, -0.1) is 0 Å². The standard InChI is InChI=1S/C14H21BrN2O2/c1-4-17(9-5-8-16(2)3)11-6-7-12(14(18)19)13(15)10-11/h6-7,10H,4-5,8-9H2,1-3H3,(H,18,19). The van der Waals surface area contributed by atoms with E-state index >= 15 is 0 Å². The summed E-state index contributed by atoms with van der Waals surface area (Å²) >= 11 is 3.32. The molecule has 0 heterocycles. The number of benzene rings is 1. The van der Waals surface area contributed by atoms with Crippen molar-refractivity contribution in [1.82, 2.24) is 4.90 Å². The Morgan fingerprint density at radius 2 is 2.00 bits per heavy atom. The molecule has 0 spiro atoms. The Bertz CT molecular complexity index is 435. The molecule has 5 heteroatoms. The van der Waals surface area contributed by atoms with Crippen molar-refractivity contribution in [1.29, 1.82) is 0 Å². The second-order valence-corrected chi connectivity index (χ2v) is 5.56. The molecule has 0 saturated carbocycles. The van der Waals surface area contributed by atoms with Gasteiger partial charge in [0, 0.05) is 23.2 Å². The van der Waals surface area contributed by atoms with Crippen molar-refractivity contribution in [2.45, 2.75) is 13.3 Å². The number of hydrogen-bond donors (Lipinski definition) is 1. The Kier molecular flexibility index (Phi) is 6.31. The van der Waals surface area contributed by atoms with Crippen LogP contribution in [-0.2, 0) is 0 Å². The van der Waals surface area contributed by atoms with E-state index < -0.39 is 5.97 Å². The van der Waals surface area contributed by atoms with E-state index in [0.29, 0.717) is 10.0 Å². The lowest BCUT2D eigenvalue weighted by Crippen LogP contribution is -2.27. The maximum absolute atomic E-state index is 11.0. The van der Waals surface area contributed by atoms with Gasteiger partial charge in [0.25, 0.3) is 0 Å². The molecule has 1 rings (SSSR count). The molecular formula is C14H21BrN2O2. The minimum Gasteiger partial charge on any atom is -0.478 e. The summed E-state index contributed by atoms with van der Waals surface area (Å²) in [5.41, 5.74) is 1.35. The molecule has 0 radical (unpaired) electrons. The predicted octanol–water partition coefficient (Wildman–Crippen LogP) is 2.93. The second kappa shape index (κ2) is 7.50. The third-order valence-electron chi connectivity index (χ3n) is 2.96. The van der Waals surface area contributed by atoms with Crippen LogP contribution in [0.5, 0.6) is 0 Å². The molecule has 0 saturated heterocycles. The minimum atomic E-state index is -0.908. The van der Waals surface area contributed by atoms with E-state index in [2.05, 4.69) is 46.7 Å². The number of halogens is 1. The second-order valence-electron chi connectivity index (χ2n) is 4.71. The summed E-state index contributed by atoms with van der Waals surface area (Å²) in [7, 11) is 4.13. The monoisotopic (exact) mass is 328 g/mol. The van der Waals surface area contributed by atoms with Crippen molar-refractivity contribution >= 4 is 27.6 Å². The van der Waals surface area contributed by atoms with Gasteiger partial charge < -0.3 is 14.9 Å². The molecule has 0 amide bonds. The molecule has 0 aliphatic carbocycles. The quantitative estimate of drug-likeness (QED) is 0.835. The first kappa shape index (κ1) is 16.0. The normalized spacial score (nSPS) is 10.8. The fraction of sp³-hybridized carbons (Fsp3) is 0.500. The van der Waals surface area contributed by atoms with Crippen LogP contribution in [0.4, 0.5) is 5.69 Å². The summed E-state index contributed by atoms with van der Waals surface area (Å²) in [6, 6.07) is 5.40. The van der Waals surface area contributed by atoms with E-state index in [1.165, 1.54) is 0 Å². The molecule has 106 valence electrons. The first-order valence-corrected chi connectivity index (χ1v) is 7.17. The van der Waals surface area contributed by atoms with Crippen LogP contribution in [0.1, 0.15) is 23.7 Å². The van der Waals surface area contributed by atoms with Gasteiger partial charge in [0.2, 0.25) is 0 Å². The zero-order chi connectivity index (χ0) is 14.4. The van der Waals surface area contributed by atoms with Gasteiger partial charge in [0.05, 0.1) is 5.56 Å². The van der Waals surface area contributed by atoms with E-state index in [0.717, 1.165) is 31.7 Å². The average molecular weight is 329 g/mol. The van der Waals surface area contributed by atoms with Gasteiger partial charge in [0.1, 0.15) is 0 Å². The van der Waals surface area contributed by atoms with E-state index in [4.69, 9.17) is 5.11 Å². The van der Waals surface area contributed by atoms with Crippen molar-refractivity contribution in [2.75, 3.05) is 38.6 Å². The van der Waals surface area contributed by atoms with Crippen LogP contribution in [0.3, 0.4) is 0 Å². The maximum Gasteiger partial charge on any atom is 0.336 e. The molecule has 0 atom stereocenters. The topological polar surface area (TPSA) is 43.8 Å². The Morgan fingerprint density at radius 1 is 1.32 bits per heavy atom. The van der Waals surface area contributed by atoms with Gasteiger partial charge in [-0.05, 0) is 68.1 Å². The summed E-state index contributed by atoms with van der Waals surface area (Å²) in [6.07, 6.45) is 1.08. The molecule has 0 fully saturated rings. The van der Waals surface area contributed by atoms with Crippen molar-refractivity contribution in [3.63, 3.8) is 0 Å². The van der Waals surface area contributed by atoms with Crippen LogP contribution in [0.25, 0.3) is 0 Å². The largest absolute Gasteiger partial charge is 0.478 e. The molecule has 0 aliphatic heterocycles. The van der Waals surface area contributed by atoms with Crippen molar-refractivity contribution in [3.8, 4) is 0 Å². The lowest BCUT2D eigenvalue weighted by atomic mass is 10.2. The van der Waals surface area contributed by atoms with E-state index in [9.17, 15) is 4.79 Å². The Balaban J connectivity index is 2.76. The fourth-order valence-corrected chi connectivity index (χ4v) is 2.46. The smallest absolute Gasteiger partial charge is 0.336 e. The van der Waals surface area contributed by atoms with Gasteiger partial charge in [0.15, 0.2) is 0 Å². The molecule has 0 aliphatic rings. The SMILES string of the molecule is CCN(CCCN(C)C)c1ccc(C(=O)O)c(Br)c1. The highest BCUT2D eigenvalue weighted by Crippen LogP contribution is 2.24. The molecular weight excluding hydrogens is 308 g/mol. The third-order valence-corrected chi connectivity index (χ3v) is 3.62. The van der Waals surface area contributed by atoms with Gasteiger partial charge in [-0.1, -0.05) is 0 Å². The number of hydrogen-bond acceptors (Lipinski definition) is 3. The number of carboxylic acid groups (broad SMARTS) is 1.